The van der Waals surface area contributed by atoms with Crippen LogP contribution in [0.4, 0.5) is 5.69 Å². The van der Waals surface area contributed by atoms with E-state index in [2.05, 4.69) is 10.5 Å². The highest BCUT2D eigenvalue weighted by molar-refractivity contribution is 7.89. The van der Waals surface area contributed by atoms with Crippen LogP contribution in [0.1, 0.15) is 5.56 Å². The van der Waals surface area contributed by atoms with Crippen LogP contribution in [0.3, 0.4) is 0 Å². The first-order chi connectivity index (χ1) is 14.3. The lowest BCUT2D eigenvalue weighted by atomic mass is 10.1. The van der Waals surface area contributed by atoms with Crippen LogP contribution in [0.5, 0.6) is 0 Å². The number of benzene rings is 3. The largest absolute Gasteiger partial charge is 0.278 e. The fourth-order valence-electron chi connectivity index (χ4n) is 2.77. The van der Waals surface area contributed by atoms with Crippen LogP contribution in [-0.4, -0.2) is 43.4 Å². The molecule has 0 fully saturated rings. The fourth-order valence-corrected chi connectivity index (χ4v) is 3.93. The van der Waals surface area contributed by atoms with Crippen molar-refractivity contribution < 1.29 is 18.1 Å². The molecule has 3 aromatic rings. The summed E-state index contributed by atoms with van der Waals surface area (Å²) < 4.78 is 26.4. The van der Waals surface area contributed by atoms with Crippen molar-refractivity contribution in [2.24, 2.45) is 5.10 Å². The van der Waals surface area contributed by atoms with Gasteiger partial charge in [-0.3, -0.25) is 14.9 Å². The average molecular weight is 426 g/mol. The predicted molar refractivity (Wildman–Crippen MR) is 113 cm³/mol. The molecule has 0 heterocycles. The molecule has 1 N–H and O–H groups in total. The summed E-state index contributed by atoms with van der Waals surface area (Å²) in [5, 5.41) is 16.3. The molecule has 0 radical (unpaired) electrons. The highest BCUT2D eigenvalue weighted by atomic mass is 32.2. The second-order valence-corrected chi connectivity index (χ2v) is 8.42. The number of hydrazone groups is 1. The predicted octanol–water partition coefficient (Wildman–Crippen LogP) is 2.52. The number of fused-ring (bicyclic) bond motifs is 1. The van der Waals surface area contributed by atoms with Crippen LogP contribution in [0.2, 0.25) is 0 Å². The highest BCUT2D eigenvalue weighted by Crippen LogP contribution is 2.21. The Hall–Kier alpha value is -3.63. The van der Waals surface area contributed by atoms with Crippen LogP contribution in [0.15, 0.2) is 76.7 Å². The SMILES string of the molecule is CN(CC(=O)NN=Cc1ccccc1[N+](=O)[O-])S(=O)(=O)c1ccc2ccccc2c1. The molecular formula is C20H18N4O5S. The minimum absolute atomic E-state index is 0.0694. The van der Waals surface area contributed by atoms with Crippen molar-refractivity contribution in [3.63, 3.8) is 0 Å². The first kappa shape index (κ1) is 21.1. The van der Waals surface area contributed by atoms with E-state index in [1.54, 1.807) is 24.3 Å². The van der Waals surface area contributed by atoms with E-state index < -0.39 is 27.4 Å². The summed E-state index contributed by atoms with van der Waals surface area (Å²) in [6.45, 7) is -0.469. The smallest absolute Gasteiger partial charge is 0.272 e. The number of likely N-dealkylation sites (N-methyl/N-ethyl adjacent to an activating group) is 1. The number of nitro benzene ring substituents is 1. The monoisotopic (exact) mass is 426 g/mol. The fraction of sp³-hybridized carbons (Fsp3) is 0.100. The van der Waals surface area contributed by atoms with Crippen LogP contribution in [0, 0.1) is 10.1 Å². The Morgan fingerprint density at radius 1 is 1.10 bits per heavy atom. The number of nitrogens with zero attached hydrogens (tertiary/aromatic N) is 3. The lowest BCUT2D eigenvalue weighted by Crippen LogP contribution is -2.36. The third kappa shape index (κ3) is 4.67. The maximum atomic E-state index is 12.8. The molecule has 0 bridgehead atoms. The van der Waals surface area contributed by atoms with Crippen LogP contribution in [0.25, 0.3) is 10.8 Å². The van der Waals surface area contributed by atoms with Gasteiger partial charge in [0.05, 0.1) is 28.1 Å². The van der Waals surface area contributed by atoms with Gasteiger partial charge in [-0.2, -0.15) is 9.41 Å². The normalized spacial score (nSPS) is 11.8. The summed E-state index contributed by atoms with van der Waals surface area (Å²) in [4.78, 5) is 22.6. The Bertz CT molecular complexity index is 1240. The quantitative estimate of drug-likeness (QED) is 0.353. The summed E-state index contributed by atoms with van der Waals surface area (Å²) >= 11 is 0. The maximum absolute atomic E-state index is 12.8. The second-order valence-electron chi connectivity index (χ2n) is 6.38. The zero-order chi connectivity index (χ0) is 21.7. The summed E-state index contributed by atoms with van der Waals surface area (Å²) in [6, 6.07) is 18.0. The zero-order valence-electron chi connectivity index (χ0n) is 15.9. The molecule has 0 saturated heterocycles. The second kappa shape index (κ2) is 8.80. The highest BCUT2D eigenvalue weighted by Gasteiger charge is 2.23. The minimum Gasteiger partial charge on any atom is -0.272 e. The summed E-state index contributed by atoms with van der Waals surface area (Å²) in [7, 11) is -2.60. The number of para-hydroxylation sites is 1. The standard InChI is InChI=1S/C20H18N4O5S/c1-23(30(28,29)18-11-10-15-6-2-3-7-16(15)12-18)14-20(25)22-21-13-17-8-4-5-9-19(17)24(26)27/h2-13H,14H2,1H3,(H,22,25). The van der Waals surface area contributed by atoms with Crippen LogP contribution >= 0.6 is 0 Å². The number of nitro groups is 1. The van der Waals surface area contributed by atoms with Crippen molar-refractivity contribution in [1.29, 1.82) is 0 Å². The van der Waals surface area contributed by atoms with Crippen LogP contribution in [-0.2, 0) is 14.8 Å². The van der Waals surface area contributed by atoms with Crippen molar-refractivity contribution in [3.8, 4) is 0 Å². The van der Waals surface area contributed by atoms with Crippen molar-refractivity contribution in [2.75, 3.05) is 13.6 Å². The van der Waals surface area contributed by atoms with Crippen LogP contribution < -0.4 is 5.43 Å². The molecule has 0 aromatic heterocycles. The van der Waals surface area contributed by atoms with Crippen molar-refractivity contribution in [3.05, 3.63) is 82.4 Å². The van der Waals surface area contributed by atoms with Gasteiger partial charge in [0, 0.05) is 13.1 Å². The van der Waals surface area contributed by atoms with E-state index in [0.717, 1.165) is 21.3 Å². The van der Waals surface area contributed by atoms with Gasteiger partial charge in [0.2, 0.25) is 10.0 Å². The Kier molecular flexibility index (Phi) is 6.19. The lowest BCUT2D eigenvalue weighted by Gasteiger charge is -2.16. The number of amides is 1. The molecule has 9 nitrogen and oxygen atoms in total. The molecule has 3 aromatic carbocycles. The Morgan fingerprint density at radius 3 is 2.50 bits per heavy atom. The zero-order valence-corrected chi connectivity index (χ0v) is 16.7. The van der Waals surface area contributed by atoms with E-state index in [4.69, 9.17) is 0 Å². The van der Waals surface area contributed by atoms with E-state index in [1.165, 1.54) is 31.3 Å². The molecule has 0 atom stereocenters. The molecule has 0 unspecified atom stereocenters. The van der Waals surface area contributed by atoms with Crippen molar-refractivity contribution >= 4 is 38.6 Å². The number of sulfonamides is 1. The first-order valence-electron chi connectivity index (χ1n) is 8.79. The third-order valence-corrected chi connectivity index (χ3v) is 6.12. The summed E-state index contributed by atoms with van der Waals surface area (Å²) in [5.74, 6) is -0.684. The maximum Gasteiger partial charge on any atom is 0.278 e. The van der Waals surface area contributed by atoms with E-state index >= 15 is 0 Å². The van der Waals surface area contributed by atoms with E-state index in [1.807, 2.05) is 18.2 Å². The van der Waals surface area contributed by atoms with Gasteiger partial charge in [0.1, 0.15) is 0 Å². The molecule has 3 rings (SSSR count). The molecule has 0 aliphatic rings. The Balaban J connectivity index is 1.68. The first-order valence-corrected chi connectivity index (χ1v) is 10.2. The Morgan fingerprint density at radius 2 is 1.77 bits per heavy atom. The van der Waals surface area contributed by atoms with E-state index in [9.17, 15) is 23.3 Å². The number of carbonyl (C=O) groups is 1. The number of hydrogen-bond acceptors (Lipinski definition) is 6. The molecule has 154 valence electrons. The van der Waals surface area contributed by atoms with Crippen molar-refractivity contribution in [1.82, 2.24) is 9.73 Å². The van der Waals surface area contributed by atoms with Gasteiger partial charge in [-0.25, -0.2) is 13.8 Å². The minimum atomic E-state index is -3.89. The molecule has 10 heteroatoms. The molecule has 1 amide bonds. The van der Waals surface area contributed by atoms with Gasteiger partial charge in [-0.15, -0.1) is 0 Å². The third-order valence-electron chi connectivity index (χ3n) is 4.32. The van der Waals surface area contributed by atoms with E-state index in [-0.39, 0.29) is 16.1 Å². The number of hydrogen-bond donors (Lipinski definition) is 1. The summed E-state index contributed by atoms with van der Waals surface area (Å²) in [6.07, 6.45) is 1.13. The van der Waals surface area contributed by atoms with Gasteiger partial charge < -0.3 is 0 Å². The molecule has 0 spiro atoms. The average Bonchev–Trinajstić information content (AvgIpc) is 2.73. The Labute approximate surface area is 172 Å². The molecule has 30 heavy (non-hydrogen) atoms. The van der Waals surface area contributed by atoms with E-state index in [0.29, 0.717) is 0 Å². The van der Waals surface area contributed by atoms with Gasteiger partial charge in [0.15, 0.2) is 0 Å². The van der Waals surface area contributed by atoms with Crippen molar-refractivity contribution in [2.45, 2.75) is 4.90 Å². The molecule has 0 saturated carbocycles. The topological polar surface area (TPSA) is 122 Å². The van der Waals surface area contributed by atoms with Gasteiger partial charge in [0.25, 0.3) is 11.6 Å². The molecular weight excluding hydrogens is 408 g/mol. The van der Waals surface area contributed by atoms with Gasteiger partial charge in [-0.05, 0) is 29.0 Å². The molecule has 0 aliphatic carbocycles. The summed E-state index contributed by atoms with van der Waals surface area (Å²) in [5.41, 5.74) is 2.23. The van der Waals surface area contributed by atoms with Gasteiger partial charge in [-0.1, -0.05) is 42.5 Å². The lowest BCUT2D eigenvalue weighted by molar-refractivity contribution is -0.385. The number of carbonyl (C=O) groups excluding carboxylic acids is 1. The number of rotatable bonds is 7. The van der Waals surface area contributed by atoms with Gasteiger partial charge >= 0.3 is 0 Å². The molecule has 0 aliphatic heterocycles. The number of nitrogens with one attached hydrogen (secondary N) is 1.